The molecule has 0 bridgehead atoms. The van der Waals surface area contributed by atoms with Crippen LogP contribution in [-0.4, -0.2) is 18.0 Å². The second-order valence-corrected chi connectivity index (χ2v) is 3.60. The highest BCUT2D eigenvalue weighted by Gasteiger charge is 2.20. The Morgan fingerprint density at radius 2 is 2.21 bits per heavy atom. The molecule has 14 heavy (non-hydrogen) atoms. The minimum absolute atomic E-state index is 0.602. The molecule has 0 aliphatic heterocycles. The van der Waals surface area contributed by atoms with Crippen LogP contribution in [0.15, 0.2) is 17.3 Å². The third kappa shape index (κ3) is 1.34. The van der Waals surface area contributed by atoms with Gasteiger partial charge >= 0.3 is 0 Å². The average molecular weight is 212 g/mol. The Labute approximate surface area is 86.9 Å². The van der Waals surface area contributed by atoms with Crippen LogP contribution in [0.5, 0.6) is 5.75 Å². The number of rotatable bonds is 1. The van der Waals surface area contributed by atoms with Crippen LogP contribution in [0.1, 0.15) is 17.5 Å². The van der Waals surface area contributed by atoms with Crippen molar-refractivity contribution in [1.29, 1.82) is 0 Å². The summed E-state index contributed by atoms with van der Waals surface area (Å²) < 4.78 is 5.09. The third-order valence-electron chi connectivity index (χ3n) is 2.44. The molecule has 0 unspecified atom stereocenters. The summed E-state index contributed by atoms with van der Waals surface area (Å²) >= 11 is 5.97. The van der Waals surface area contributed by atoms with Gasteiger partial charge in [-0.2, -0.15) is 0 Å². The molecule has 0 spiro atoms. The number of hydrogen-bond acceptors (Lipinski definition) is 3. The lowest BCUT2D eigenvalue weighted by Gasteiger charge is -2.06. The van der Waals surface area contributed by atoms with Crippen LogP contribution in [0, 0.1) is 0 Å². The number of halogens is 1. The lowest BCUT2D eigenvalue weighted by atomic mass is 10.1. The summed E-state index contributed by atoms with van der Waals surface area (Å²) in [6.07, 6.45) is 1.63. The maximum Gasteiger partial charge on any atom is 0.138 e. The van der Waals surface area contributed by atoms with Crippen molar-refractivity contribution < 1.29 is 9.94 Å². The highest BCUT2D eigenvalue weighted by molar-refractivity contribution is 6.32. The number of oxime groups is 1. The van der Waals surface area contributed by atoms with E-state index in [1.165, 1.54) is 0 Å². The predicted molar refractivity (Wildman–Crippen MR) is 54.6 cm³/mol. The van der Waals surface area contributed by atoms with E-state index in [0.29, 0.717) is 16.5 Å². The van der Waals surface area contributed by atoms with Crippen LogP contribution in [0.3, 0.4) is 0 Å². The molecule has 1 aromatic carbocycles. The Morgan fingerprint density at radius 3 is 2.86 bits per heavy atom. The molecule has 1 aliphatic rings. The summed E-state index contributed by atoms with van der Waals surface area (Å²) in [7, 11) is 1.57. The van der Waals surface area contributed by atoms with Crippen molar-refractivity contribution in [2.45, 2.75) is 12.8 Å². The van der Waals surface area contributed by atoms with E-state index in [1.54, 1.807) is 7.11 Å². The number of benzene rings is 1. The van der Waals surface area contributed by atoms with Crippen LogP contribution < -0.4 is 4.74 Å². The monoisotopic (exact) mass is 211 g/mol. The first kappa shape index (κ1) is 9.34. The Hall–Kier alpha value is -1.22. The number of nitrogens with zero attached hydrogens (tertiary/aromatic N) is 1. The number of methoxy groups -OCH3 is 1. The molecule has 1 aromatic rings. The van der Waals surface area contributed by atoms with Gasteiger partial charge in [0.2, 0.25) is 0 Å². The van der Waals surface area contributed by atoms with Crippen molar-refractivity contribution in [1.82, 2.24) is 0 Å². The predicted octanol–water partition coefficient (Wildman–Crippen LogP) is 2.47. The standard InChI is InChI=1S/C10H10ClNO2/c1-14-10-5-7-6(4-8(10)11)2-3-9(7)12-13/h4-5,13H,2-3H2,1H3. The van der Waals surface area contributed by atoms with Gasteiger partial charge in [-0.3, -0.25) is 0 Å². The maximum atomic E-state index is 8.76. The highest BCUT2D eigenvalue weighted by atomic mass is 35.5. The van der Waals surface area contributed by atoms with Crippen LogP contribution >= 0.6 is 11.6 Å². The lowest BCUT2D eigenvalue weighted by molar-refractivity contribution is 0.318. The van der Waals surface area contributed by atoms with Gasteiger partial charge < -0.3 is 9.94 Å². The van der Waals surface area contributed by atoms with Gasteiger partial charge in [-0.25, -0.2) is 0 Å². The normalized spacial score (nSPS) is 17.1. The van der Waals surface area contributed by atoms with E-state index in [4.69, 9.17) is 21.5 Å². The zero-order chi connectivity index (χ0) is 10.1. The van der Waals surface area contributed by atoms with Gasteiger partial charge in [0.1, 0.15) is 5.75 Å². The zero-order valence-corrected chi connectivity index (χ0v) is 8.51. The van der Waals surface area contributed by atoms with E-state index in [0.717, 1.165) is 24.0 Å². The first-order chi connectivity index (χ1) is 6.76. The van der Waals surface area contributed by atoms with Crippen LogP contribution in [0.2, 0.25) is 5.02 Å². The molecule has 0 atom stereocenters. The average Bonchev–Trinajstić information content (AvgIpc) is 2.58. The Balaban J connectivity index is 2.56. The van der Waals surface area contributed by atoms with Crippen molar-refractivity contribution in [2.75, 3.05) is 7.11 Å². The molecule has 0 aromatic heterocycles. The van der Waals surface area contributed by atoms with E-state index in [1.807, 2.05) is 12.1 Å². The van der Waals surface area contributed by atoms with Gasteiger partial charge in [0.25, 0.3) is 0 Å². The maximum absolute atomic E-state index is 8.76. The molecule has 0 saturated carbocycles. The van der Waals surface area contributed by atoms with Gasteiger partial charge in [-0.05, 0) is 30.5 Å². The number of hydrogen-bond donors (Lipinski definition) is 1. The number of aryl methyl sites for hydroxylation is 1. The van der Waals surface area contributed by atoms with E-state index < -0.39 is 0 Å². The van der Waals surface area contributed by atoms with Crippen molar-refractivity contribution in [3.05, 3.63) is 28.3 Å². The molecule has 0 saturated heterocycles. The molecule has 74 valence electrons. The zero-order valence-electron chi connectivity index (χ0n) is 7.75. The molecule has 0 amide bonds. The second-order valence-electron chi connectivity index (χ2n) is 3.19. The summed E-state index contributed by atoms with van der Waals surface area (Å²) in [4.78, 5) is 0. The fourth-order valence-corrected chi connectivity index (χ4v) is 1.98. The first-order valence-corrected chi connectivity index (χ1v) is 4.71. The lowest BCUT2D eigenvalue weighted by Crippen LogP contribution is -1.95. The summed E-state index contributed by atoms with van der Waals surface area (Å²) in [5.74, 6) is 0.619. The summed E-state index contributed by atoms with van der Waals surface area (Å²) in [6.45, 7) is 0. The second kappa shape index (κ2) is 3.50. The van der Waals surface area contributed by atoms with Crippen molar-refractivity contribution in [3.63, 3.8) is 0 Å². The van der Waals surface area contributed by atoms with E-state index in [9.17, 15) is 0 Å². The van der Waals surface area contributed by atoms with Gasteiger partial charge in [0, 0.05) is 5.56 Å². The van der Waals surface area contributed by atoms with Crippen LogP contribution in [0.4, 0.5) is 0 Å². The smallest absolute Gasteiger partial charge is 0.138 e. The minimum Gasteiger partial charge on any atom is -0.495 e. The summed E-state index contributed by atoms with van der Waals surface area (Å²) in [5.41, 5.74) is 2.76. The molecular weight excluding hydrogens is 202 g/mol. The van der Waals surface area contributed by atoms with Gasteiger partial charge in [0.05, 0.1) is 17.8 Å². The van der Waals surface area contributed by atoms with E-state index in [-0.39, 0.29) is 0 Å². The fourth-order valence-electron chi connectivity index (χ4n) is 1.72. The number of ether oxygens (including phenoxy) is 1. The highest BCUT2D eigenvalue weighted by Crippen LogP contribution is 2.32. The Morgan fingerprint density at radius 1 is 1.43 bits per heavy atom. The van der Waals surface area contributed by atoms with Crippen LogP contribution in [0.25, 0.3) is 0 Å². The molecule has 4 heteroatoms. The quantitative estimate of drug-likeness (QED) is 0.573. The molecule has 1 aliphatic carbocycles. The Kier molecular flexibility index (Phi) is 2.33. The molecule has 0 heterocycles. The molecule has 3 nitrogen and oxygen atoms in total. The summed E-state index contributed by atoms with van der Waals surface area (Å²) in [5, 5.41) is 12.6. The van der Waals surface area contributed by atoms with E-state index in [2.05, 4.69) is 5.16 Å². The van der Waals surface area contributed by atoms with Gasteiger partial charge in [-0.1, -0.05) is 16.8 Å². The topological polar surface area (TPSA) is 41.8 Å². The number of fused-ring (bicyclic) bond motifs is 1. The van der Waals surface area contributed by atoms with Crippen LogP contribution in [-0.2, 0) is 6.42 Å². The van der Waals surface area contributed by atoms with Crippen molar-refractivity contribution >= 4 is 17.3 Å². The third-order valence-corrected chi connectivity index (χ3v) is 2.74. The molecule has 1 N–H and O–H groups in total. The van der Waals surface area contributed by atoms with Crippen molar-refractivity contribution in [2.24, 2.45) is 5.16 Å². The largest absolute Gasteiger partial charge is 0.495 e. The Bertz CT molecular complexity index is 401. The van der Waals surface area contributed by atoms with Crippen molar-refractivity contribution in [3.8, 4) is 5.75 Å². The SMILES string of the molecule is COc1cc2c(cc1Cl)CCC2=NO. The van der Waals surface area contributed by atoms with Gasteiger partial charge in [-0.15, -0.1) is 0 Å². The fraction of sp³-hybridized carbons (Fsp3) is 0.300. The molecular formula is C10H10ClNO2. The molecule has 0 radical (unpaired) electrons. The van der Waals surface area contributed by atoms with Gasteiger partial charge in [0.15, 0.2) is 0 Å². The molecule has 0 fully saturated rings. The van der Waals surface area contributed by atoms with E-state index >= 15 is 0 Å². The summed E-state index contributed by atoms with van der Waals surface area (Å²) in [6, 6.07) is 3.69. The minimum atomic E-state index is 0.602. The molecule has 2 rings (SSSR count). The first-order valence-electron chi connectivity index (χ1n) is 4.34.